The highest BCUT2D eigenvalue weighted by atomic mass is 32.1. The zero-order valence-electron chi connectivity index (χ0n) is 10.5. The molecule has 100 valence electrons. The lowest BCUT2D eigenvalue weighted by atomic mass is 10.1. The number of carbonyl (C=O) groups excluding carboxylic acids is 1. The minimum absolute atomic E-state index is 0.445. The number of nitrogens with two attached hydrogens (primary N) is 1. The third kappa shape index (κ3) is 2.33. The molecule has 0 saturated heterocycles. The first-order chi connectivity index (χ1) is 9.75. The van der Waals surface area contributed by atoms with Crippen LogP contribution in [0.4, 0.5) is 5.82 Å². The van der Waals surface area contributed by atoms with Gasteiger partial charge in [0.25, 0.3) is 0 Å². The van der Waals surface area contributed by atoms with Crippen LogP contribution in [0.3, 0.4) is 0 Å². The number of carbonyl (C=O) groups is 1. The Kier molecular flexibility index (Phi) is 3.30. The number of hydrogen-bond donors (Lipinski definition) is 2. The van der Waals surface area contributed by atoms with Crippen LogP contribution in [0.25, 0.3) is 10.2 Å². The normalized spacial score (nSPS) is 12.2. The van der Waals surface area contributed by atoms with E-state index >= 15 is 0 Å². The second-order valence-electron chi connectivity index (χ2n) is 4.25. The second kappa shape index (κ2) is 5.26. The average Bonchev–Trinajstić information content (AvgIpc) is 2.94. The van der Waals surface area contributed by atoms with Gasteiger partial charge in [0.05, 0.1) is 10.2 Å². The number of benzene rings is 1. The van der Waals surface area contributed by atoms with Crippen LogP contribution < -0.4 is 11.1 Å². The Bertz CT molecular complexity index is 741. The van der Waals surface area contributed by atoms with E-state index in [9.17, 15) is 4.79 Å². The van der Waals surface area contributed by atoms with Crippen LogP contribution in [0, 0.1) is 0 Å². The standard InChI is InChI=1S/C14H12N4OS/c15-13(19)11(9-4-2-1-3-5-9)18-14-12-10(6-7-20-12)16-8-17-14/h1-8,11H,(H2,15,19)(H,16,17,18)/t11-/m1/s1. The molecule has 6 heteroatoms. The van der Waals surface area contributed by atoms with Crippen LogP contribution in [0.5, 0.6) is 0 Å². The lowest BCUT2D eigenvalue weighted by molar-refractivity contribution is -0.118. The van der Waals surface area contributed by atoms with Gasteiger partial charge in [0, 0.05) is 0 Å². The number of primary amides is 1. The molecule has 2 heterocycles. The minimum atomic E-state index is -0.614. The van der Waals surface area contributed by atoms with Crippen molar-refractivity contribution in [1.29, 1.82) is 0 Å². The van der Waals surface area contributed by atoms with E-state index < -0.39 is 11.9 Å². The third-order valence-electron chi connectivity index (χ3n) is 2.94. The smallest absolute Gasteiger partial charge is 0.244 e. The maximum atomic E-state index is 11.7. The molecule has 0 fully saturated rings. The van der Waals surface area contributed by atoms with Crippen LogP contribution in [0.15, 0.2) is 48.1 Å². The zero-order valence-corrected chi connectivity index (χ0v) is 11.3. The molecule has 0 unspecified atom stereocenters. The summed E-state index contributed by atoms with van der Waals surface area (Å²) in [6.45, 7) is 0. The summed E-state index contributed by atoms with van der Waals surface area (Å²) in [5.74, 6) is 0.178. The summed E-state index contributed by atoms with van der Waals surface area (Å²) in [6, 6.07) is 10.6. The maximum Gasteiger partial charge on any atom is 0.244 e. The molecule has 1 aromatic carbocycles. The summed E-state index contributed by atoms with van der Waals surface area (Å²) < 4.78 is 0.912. The number of thiophene rings is 1. The van der Waals surface area contributed by atoms with E-state index in [1.165, 1.54) is 17.7 Å². The van der Waals surface area contributed by atoms with Crippen molar-refractivity contribution < 1.29 is 4.79 Å². The summed E-state index contributed by atoms with van der Waals surface area (Å²) >= 11 is 1.52. The van der Waals surface area contributed by atoms with Crippen molar-refractivity contribution in [2.24, 2.45) is 5.73 Å². The summed E-state index contributed by atoms with van der Waals surface area (Å²) in [5.41, 5.74) is 7.15. The van der Waals surface area contributed by atoms with Crippen LogP contribution in [0.2, 0.25) is 0 Å². The minimum Gasteiger partial charge on any atom is -0.368 e. The topological polar surface area (TPSA) is 80.9 Å². The number of rotatable bonds is 4. The van der Waals surface area contributed by atoms with E-state index in [4.69, 9.17) is 5.73 Å². The number of amides is 1. The first-order valence-corrected chi connectivity index (χ1v) is 6.92. The second-order valence-corrected chi connectivity index (χ2v) is 5.16. The molecular formula is C14H12N4OS. The summed E-state index contributed by atoms with van der Waals surface area (Å²) in [7, 11) is 0. The van der Waals surface area contributed by atoms with Gasteiger partial charge in [-0.2, -0.15) is 0 Å². The Balaban J connectivity index is 1.99. The lowest BCUT2D eigenvalue weighted by Gasteiger charge is -2.16. The molecule has 1 atom stereocenters. The molecule has 3 N–H and O–H groups in total. The van der Waals surface area contributed by atoms with Gasteiger partial charge in [-0.05, 0) is 17.0 Å². The zero-order chi connectivity index (χ0) is 13.9. The Morgan fingerprint density at radius 1 is 1.20 bits per heavy atom. The molecule has 0 aliphatic heterocycles. The van der Waals surface area contributed by atoms with Crippen molar-refractivity contribution in [1.82, 2.24) is 9.97 Å². The molecule has 0 saturated carbocycles. The highest BCUT2D eigenvalue weighted by Crippen LogP contribution is 2.27. The third-order valence-corrected chi connectivity index (χ3v) is 3.85. The van der Waals surface area contributed by atoms with Crippen LogP contribution in [0.1, 0.15) is 11.6 Å². The molecule has 0 bridgehead atoms. The summed E-state index contributed by atoms with van der Waals surface area (Å²) in [4.78, 5) is 20.1. The van der Waals surface area contributed by atoms with E-state index in [0.717, 1.165) is 15.8 Å². The fraction of sp³-hybridized carbons (Fsp3) is 0.0714. The van der Waals surface area contributed by atoms with Gasteiger partial charge in [-0.3, -0.25) is 4.79 Å². The molecule has 0 spiro atoms. The fourth-order valence-corrected chi connectivity index (χ4v) is 2.79. The van der Waals surface area contributed by atoms with Gasteiger partial charge in [0.1, 0.15) is 18.2 Å². The predicted octanol–water partition coefficient (Wildman–Crippen LogP) is 2.33. The predicted molar refractivity (Wildman–Crippen MR) is 79.4 cm³/mol. The Hall–Kier alpha value is -2.47. The highest BCUT2D eigenvalue weighted by Gasteiger charge is 2.19. The van der Waals surface area contributed by atoms with E-state index in [1.54, 1.807) is 0 Å². The molecular weight excluding hydrogens is 272 g/mol. The molecule has 0 aliphatic carbocycles. The molecule has 5 nitrogen and oxygen atoms in total. The van der Waals surface area contributed by atoms with Crippen molar-refractivity contribution in [2.45, 2.75) is 6.04 Å². The van der Waals surface area contributed by atoms with E-state index in [2.05, 4.69) is 15.3 Å². The number of aromatic nitrogens is 2. The van der Waals surface area contributed by atoms with Gasteiger partial charge in [-0.15, -0.1) is 11.3 Å². The quantitative estimate of drug-likeness (QED) is 0.770. The highest BCUT2D eigenvalue weighted by molar-refractivity contribution is 7.17. The Morgan fingerprint density at radius 2 is 2.00 bits per heavy atom. The van der Waals surface area contributed by atoms with Gasteiger partial charge in [0.2, 0.25) is 5.91 Å². The van der Waals surface area contributed by atoms with Crippen molar-refractivity contribution in [2.75, 3.05) is 5.32 Å². The lowest BCUT2D eigenvalue weighted by Crippen LogP contribution is -2.28. The fourth-order valence-electron chi connectivity index (χ4n) is 1.99. The molecule has 2 aromatic heterocycles. The molecule has 1 amide bonds. The number of hydrogen-bond acceptors (Lipinski definition) is 5. The molecule has 0 radical (unpaired) electrons. The molecule has 0 aliphatic rings. The van der Waals surface area contributed by atoms with E-state index in [0.29, 0.717) is 5.82 Å². The molecule has 3 rings (SSSR count). The monoisotopic (exact) mass is 284 g/mol. The number of nitrogens with zero attached hydrogens (tertiary/aromatic N) is 2. The van der Waals surface area contributed by atoms with Crippen molar-refractivity contribution in [3.05, 3.63) is 53.7 Å². The van der Waals surface area contributed by atoms with Gasteiger partial charge in [0.15, 0.2) is 0 Å². The first-order valence-electron chi connectivity index (χ1n) is 6.04. The van der Waals surface area contributed by atoms with Gasteiger partial charge in [-0.1, -0.05) is 30.3 Å². The van der Waals surface area contributed by atoms with E-state index in [-0.39, 0.29) is 0 Å². The molecule has 20 heavy (non-hydrogen) atoms. The van der Waals surface area contributed by atoms with Crippen molar-refractivity contribution in [3.8, 4) is 0 Å². The number of anilines is 1. The van der Waals surface area contributed by atoms with Crippen LogP contribution >= 0.6 is 11.3 Å². The average molecular weight is 284 g/mol. The van der Waals surface area contributed by atoms with Crippen LogP contribution in [-0.2, 0) is 4.79 Å². The number of nitrogens with one attached hydrogen (secondary N) is 1. The van der Waals surface area contributed by atoms with Gasteiger partial charge >= 0.3 is 0 Å². The van der Waals surface area contributed by atoms with Gasteiger partial charge in [-0.25, -0.2) is 9.97 Å². The summed E-state index contributed by atoms with van der Waals surface area (Å²) in [5, 5.41) is 5.05. The number of fused-ring (bicyclic) bond motifs is 1. The Labute approximate surface area is 119 Å². The van der Waals surface area contributed by atoms with Gasteiger partial charge < -0.3 is 11.1 Å². The Morgan fingerprint density at radius 3 is 2.75 bits per heavy atom. The summed E-state index contributed by atoms with van der Waals surface area (Å²) in [6.07, 6.45) is 1.47. The maximum absolute atomic E-state index is 11.7. The largest absolute Gasteiger partial charge is 0.368 e. The van der Waals surface area contributed by atoms with Crippen molar-refractivity contribution >= 4 is 33.3 Å². The SMILES string of the molecule is NC(=O)[C@H](Nc1ncnc2ccsc12)c1ccccc1. The first kappa shape index (κ1) is 12.6. The van der Waals surface area contributed by atoms with Crippen molar-refractivity contribution in [3.63, 3.8) is 0 Å². The van der Waals surface area contributed by atoms with E-state index in [1.807, 2.05) is 41.8 Å². The van der Waals surface area contributed by atoms with Crippen LogP contribution in [-0.4, -0.2) is 15.9 Å². The molecule has 3 aromatic rings.